The summed E-state index contributed by atoms with van der Waals surface area (Å²) in [6.45, 7) is 2.40. The maximum Gasteiger partial charge on any atom is 0.255 e. The lowest BCUT2D eigenvalue weighted by molar-refractivity contribution is 0.102. The van der Waals surface area contributed by atoms with Crippen LogP contribution in [0.2, 0.25) is 0 Å². The van der Waals surface area contributed by atoms with Gasteiger partial charge in [-0.1, -0.05) is 29.4 Å². The minimum Gasteiger partial charge on any atom is -0.494 e. The summed E-state index contributed by atoms with van der Waals surface area (Å²) in [7, 11) is 0. The van der Waals surface area contributed by atoms with Gasteiger partial charge in [0, 0.05) is 22.3 Å². The van der Waals surface area contributed by atoms with Crippen LogP contribution in [0.4, 0.5) is 11.4 Å². The van der Waals surface area contributed by atoms with Crippen molar-refractivity contribution in [3.63, 3.8) is 0 Å². The van der Waals surface area contributed by atoms with Gasteiger partial charge in [-0.3, -0.25) is 9.59 Å². The molecule has 8 nitrogen and oxygen atoms in total. The molecule has 0 bridgehead atoms. The van der Waals surface area contributed by atoms with Crippen LogP contribution in [-0.2, 0) is 0 Å². The predicted molar refractivity (Wildman–Crippen MR) is 119 cm³/mol. The van der Waals surface area contributed by atoms with Gasteiger partial charge in [0.15, 0.2) is 11.6 Å². The molecule has 0 fully saturated rings. The average Bonchev–Trinajstić information content (AvgIpc) is 2.80. The Morgan fingerprint density at radius 3 is 2.35 bits per heavy atom. The zero-order valence-electron chi connectivity index (χ0n) is 16.8. The Labute approximate surface area is 179 Å². The Bertz CT molecular complexity index is 1140. The maximum absolute atomic E-state index is 13.2. The zero-order valence-corrected chi connectivity index (χ0v) is 16.8. The lowest BCUT2D eigenvalue weighted by Crippen LogP contribution is -2.17. The number of hydrogen-bond acceptors (Lipinski definition) is 6. The molecule has 8 heteroatoms. The molecule has 0 radical (unpaired) electrons. The fraction of sp³-hybridized carbons (Fsp3) is 0.0870. The van der Waals surface area contributed by atoms with Crippen molar-refractivity contribution in [2.45, 2.75) is 6.92 Å². The van der Waals surface area contributed by atoms with Gasteiger partial charge in [-0.05, 0) is 49.4 Å². The Balaban J connectivity index is 1.91. The van der Waals surface area contributed by atoms with Crippen molar-refractivity contribution in [3.05, 3.63) is 89.0 Å². The fourth-order valence-electron chi connectivity index (χ4n) is 2.99. The van der Waals surface area contributed by atoms with Gasteiger partial charge < -0.3 is 26.7 Å². The summed E-state index contributed by atoms with van der Waals surface area (Å²) in [4.78, 5) is 25.9. The highest BCUT2D eigenvalue weighted by atomic mass is 16.5. The molecule has 0 aromatic heterocycles. The summed E-state index contributed by atoms with van der Waals surface area (Å²) in [5.41, 5.74) is 13.4. The van der Waals surface area contributed by atoms with Gasteiger partial charge >= 0.3 is 0 Å². The Morgan fingerprint density at radius 2 is 1.68 bits per heavy atom. The van der Waals surface area contributed by atoms with Crippen molar-refractivity contribution in [1.29, 1.82) is 0 Å². The second kappa shape index (κ2) is 9.45. The smallest absolute Gasteiger partial charge is 0.255 e. The van der Waals surface area contributed by atoms with Gasteiger partial charge in [0.2, 0.25) is 0 Å². The zero-order chi connectivity index (χ0) is 22.4. The minimum atomic E-state index is -0.416. The highest BCUT2D eigenvalue weighted by Crippen LogP contribution is 2.27. The molecule has 158 valence electrons. The summed E-state index contributed by atoms with van der Waals surface area (Å²) in [6.07, 6.45) is 0. The molecule has 3 aromatic rings. The summed E-state index contributed by atoms with van der Waals surface area (Å²) in [6, 6.07) is 17.8. The van der Waals surface area contributed by atoms with Gasteiger partial charge in [-0.25, -0.2) is 0 Å². The number of nitrogens with two attached hydrogens (primary N) is 2. The molecule has 0 atom stereocenters. The van der Waals surface area contributed by atoms with E-state index in [-0.39, 0.29) is 28.6 Å². The normalized spacial score (nSPS) is 11.1. The van der Waals surface area contributed by atoms with Crippen LogP contribution < -0.4 is 21.5 Å². The summed E-state index contributed by atoms with van der Waals surface area (Å²) in [5, 5.41) is 14.6. The molecule has 0 unspecified atom stereocenters. The van der Waals surface area contributed by atoms with Crippen LogP contribution >= 0.6 is 0 Å². The molecule has 3 aromatic carbocycles. The van der Waals surface area contributed by atoms with E-state index in [4.69, 9.17) is 21.4 Å². The van der Waals surface area contributed by atoms with E-state index in [9.17, 15) is 9.59 Å². The predicted octanol–water partition coefficient (Wildman–Crippen LogP) is 3.25. The Kier molecular flexibility index (Phi) is 6.51. The monoisotopic (exact) mass is 418 g/mol. The number of amides is 1. The third-order valence-corrected chi connectivity index (χ3v) is 4.54. The topological polar surface area (TPSA) is 140 Å². The lowest BCUT2D eigenvalue weighted by atomic mass is 9.98. The highest BCUT2D eigenvalue weighted by Gasteiger charge is 2.19. The number of ether oxygens (including phenoxy) is 1. The number of carbonyl (C=O) groups is 2. The number of anilines is 2. The first-order valence-electron chi connectivity index (χ1n) is 9.50. The molecule has 3 rings (SSSR count). The van der Waals surface area contributed by atoms with Crippen LogP contribution in [0.1, 0.15) is 38.8 Å². The summed E-state index contributed by atoms with van der Waals surface area (Å²) < 4.78 is 5.38. The highest BCUT2D eigenvalue weighted by molar-refractivity contribution is 6.17. The van der Waals surface area contributed by atoms with Crippen LogP contribution in [0.15, 0.2) is 71.9 Å². The third-order valence-electron chi connectivity index (χ3n) is 4.54. The molecule has 0 saturated carbocycles. The van der Waals surface area contributed by atoms with Crippen molar-refractivity contribution in [3.8, 4) is 5.75 Å². The van der Waals surface area contributed by atoms with Crippen molar-refractivity contribution in [2.75, 3.05) is 17.7 Å². The number of hydrogen-bond donors (Lipinski definition) is 4. The molecule has 6 N–H and O–H groups in total. The van der Waals surface area contributed by atoms with Gasteiger partial charge in [0.05, 0.1) is 18.0 Å². The number of oxime groups is 1. The number of carbonyl (C=O) groups excluding carboxylic acids is 2. The molecule has 1 amide bonds. The van der Waals surface area contributed by atoms with E-state index in [0.29, 0.717) is 29.0 Å². The van der Waals surface area contributed by atoms with E-state index >= 15 is 0 Å². The minimum absolute atomic E-state index is 0.119. The largest absolute Gasteiger partial charge is 0.494 e. The molecular weight excluding hydrogens is 396 g/mol. The molecule has 0 heterocycles. The van der Waals surface area contributed by atoms with Gasteiger partial charge in [-0.2, -0.15) is 0 Å². The summed E-state index contributed by atoms with van der Waals surface area (Å²) in [5.74, 6) is -0.256. The molecule has 0 spiro atoms. The first-order valence-corrected chi connectivity index (χ1v) is 9.50. The van der Waals surface area contributed by atoms with Crippen molar-refractivity contribution < 1.29 is 19.5 Å². The van der Waals surface area contributed by atoms with Crippen LogP contribution in [0.5, 0.6) is 5.75 Å². The fourth-order valence-corrected chi connectivity index (χ4v) is 2.99. The van der Waals surface area contributed by atoms with E-state index in [0.717, 1.165) is 0 Å². The van der Waals surface area contributed by atoms with Gasteiger partial charge in [0.25, 0.3) is 5.91 Å². The van der Waals surface area contributed by atoms with Gasteiger partial charge in [-0.15, -0.1) is 0 Å². The summed E-state index contributed by atoms with van der Waals surface area (Å²) >= 11 is 0. The number of amidine groups is 1. The van der Waals surface area contributed by atoms with E-state index in [2.05, 4.69) is 10.5 Å². The molecule has 0 aliphatic rings. The molecule has 0 saturated heterocycles. The lowest BCUT2D eigenvalue weighted by Gasteiger charge is -2.14. The third kappa shape index (κ3) is 4.81. The number of nitrogens with one attached hydrogen (secondary N) is 1. The van der Waals surface area contributed by atoms with E-state index < -0.39 is 5.91 Å². The number of benzene rings is 3. The second-order valence-electron chi connectivity index (χ2n) is 6.58. The van der Waals surface area contributed by atoms with Crippen molar-refractivity contribution in [2.24, 2.45) is 10.9 Å². The first-order chi connectivity index (χ1) is 14.9. The molecular formula is C23H22N4O4. The number of ketones is 1. The number of nitrogens with zero attached hydrogens (tertiary/aromatic N) is 1. The number of nitrogen functional groups attached to an aromatic ring is 1. The second-order valence-corrected chi connectivity index (χ2v) is 6.58. The average molecular weight is 418 g/mol. The Hall–Kier alpha value is -4.33. The van der Waals surface area contributed by atoms with Crippen LogP contribution in [0.3, 0.4) is 0 Å². The molecule has 0 aliphatic heterocycles. The first kappa shape index (κ1) is 21.4. The van der Waals surface area contributed by atoms with Crippen LogP contribution in [0.25, 0.3) is 0 Å². The Morgan fingerprint density at radius 1 is 1.00 bits per heavy atom. The van der Waals surface area contributed by atoms with E-state index in [1.54, 1.807) is 60.7 Å². The quantitative estimate of drug-likeness (QED) is 0.116. The number of para-hydroxylation sites is 1. The SMILES string of the molecule is CCOc1ccc(C(=O)Nc2c(N)cccc2C(=O)c2cccc(C(N)=NO)c2)cc1. The van der Waals surface area contributed by atoms with Gasteiger partial charge in [0.1, 0.15) is 5.75 Å². The van der Waals surface area contributed by atoms with E-state index in [1.165, 1.54) is 6.07 Å². The van der Waals surface area contributed by atoms with Crippen molar-refractivity contribution >= 4 is 28.9 Å². The van der Waals surface area contributed by atoms with E-state index in [1.807, 2.05) is 6.92 Å². The maximum atomic E-state index is 13.2. The number of rotatable bonds is 7. The molecule has 0 aliphatic carbocycles. The van der Waals surface area contributed by atoms with Crippen LogP contribution in [0, 0.1) is 0 Å². The van der Waals surface area contributed by atoms with Crippen molar-refractivity contribution in [1.82, 2.24) is 0 Å². The van der Waals surface area contributed by atoms with Crippen LogP contribution in [-0.4, -0.2) is 29.3 Å². The standard InChI is InChI=1S/C23H22N4O4/c1-2-31-17-11-9-14(10-12-17)23(29)26-20-18(7-4-8-19(20)24)21(28)15-5-3-6-16(13-15)22(25)27-30/h3-13,30H,2,24H2,1H3,(H2,25,27)(H,26,29). The molecule has 31 heavy (non-hydrogen) atoms.